The summed E-state index contributed by atoms with van der Waals surface area (Å²) < 4.78 is 0. The molecule has 4 saturated carbocycles. The lowest BCUT2D eigenvalue weighted by Gasteiger charge is -2.56. The van der Waals surface area contributed by atoms with Crippen LogP contribution in [0.15, 0.2) is 18.5 Å². The molecular weight excluding hydrogens is 364 g/mol. The van der Waals surface area contributed by atoms with Crippen LogP contribution < -0.4 is 0 Å². The van der Waals surface area contributed by atoms with Gasteiger partial charge in [0.25, 0.3) is 0 Å². The van der Waals surface area contributed by atoms with Gasteiger partial charge in [0.2, 0.25) is 0 Å². The van der Waals surface area contributed by atoms with Crippen molar-refractivity contribution >= 4 is 0 Å². The van der Waals surface area contributed by atoms with Crippen molar-refractivity contribution in [1.29, 1.82) is 5.26 Å². The lowest BCUT2D eigenvalue weighted by atomic mass is 9.48. The van der Waals surface area contributed by atoms with Crippen LogP contribution in [0, 0.1) is 64.1 Å². The Morgan fingerprint density at radius 2 is 1.90 bits per heavy atom. The normalized spacial score (nSPS) is 43.7. The highest BCUT2D eigenvalue weighted by Gasteiger charge is 2.57. The predicted molar refractivity (Wildman–Crippen MR) is 122 cm³/mol. The molecule has 4 aliphatic carbocycles. The van der Waals surface area contributed by atoms with Gasteiger partial charge in [0.1, 0.15) is 6.07 Å². The molecule has 0 spiro atoms. The van der Waals surface area contributed by atoms with Crippen molar-refractivity contribution in [2.75, 3.05) is 0 Å². The van der Waals surface area contributed by atoms with Crippen LogP contribution in [0.2, 0.25) is 0 Å². The highest BCUT2D eigenvalue weighted by atomic mass is 14.6. The van der Waals surface area contributed by atoms with Crippen LogP contribution >= 0.6 is 0 Å². The van der Waals surface area contributed by atoms with Crippen LogP contribution in [0.1, 0.15) is 89.7 Å². The third-order valence-electron chi connectivity index (χ3n) is 10.5. The highest BCUT2D eigenvalue weighted by molar-refractivity contribution is 5.29. The first-order valence-corrected chi connectivity index (χ1v) is 12.8. The molecule has 0 amide bonds. The Labute approximate surface area is 183 Å². The van der Waals surface area contributed by atoms with Gasteiger partial charge in [0.05, 0.1) is 5.56 Å². The Balaban J connectivity index is 1.31. The fourth-order valence-corrected chi connectivity index (χ4v) is 9.24. The van der Waals surface area contributed by atoms with E-state index >= 15 is 0 Å². The van der Waals surface area contributed by atoms with Gasteiger partial charge in [-0.15, -0.1) is 0 Å². The van der Waals surface area contributed by atoms with Gasteiger partial charge in [-0.1, -0.05) is 27.2 Å². The van der Waals surface area contributed by atoms with E-state index in [1.807, 2.05) is 6.20 Å². The summed E-state index contributed by atoms with van der Waals surface area (Å²) in [6, 6.07) is 4.31. The van der Waals surface area contributed by atoms with E-state index < -0.39 is 0 Å². The lowest BCUT2D eigenvalue weighted by Crippen LogP contribution is -2.49. The summed E-state index contributed by atoms with van der Waals surface area (Å²) in [7, 11) is 0. The van der Waals surface area contributed by atoms with Crippen molar-refractivity contribution in [2.24, 2.45) is 52.8 Å². The number of hydrogen-bond acceptors (Lipinski definition) is 2. The second-order valence-electron chi connectivity index (χ2n) is 12.0. The quantitative estimate of drug-likeness (QED) is 0.542. The number of aromatic nitrogens is 1. The summed E-state index contributed by atoms with van der Waals surface area (Å²) in [5.41, 5.74) is 2.49. The Hall–Kier alpha value is -1.36. The van der Waals surface area contributed by atoms with E-state index in [1.54, 1.807) is 6.20 Å². The monoisotopic (exact) mass is 404 g/mol. The van der Waals surface area contributed by atoms with E-state index in [-0.39, 0.29) is 0 Å². The smallest absolute Gasteiger partial charge is 0.101 e. The molecule has 4 fully saturated rings. The Morgan fingerprint density at radius 3 is 2.73 bits per heavy atom. The number of nitrogens with zero attached hydrogens (tertiary/aromatic N) is 2. The van der Waals surface area contributed by atoms with Crippen molar-refractivity contribution < 1.29 is 0 Å². The van der Waals surface area contributed by atoms with Crippen molar-refractivity contribution in [1.82, 2.24) is 4.98 Å². The fraction of sp³-hybridized carbons (Fsp3) is 0.786. The van der Waals surface area contributed by atoms with E-state index in [2.05, 4.69) is 37.9 Å². The third-order valence-corrected chi connectivity index (χ3v) is 10.5. The van der Waals surface area contributed by atoms with Gasteiger partial charge in [0.15, 0.2) is 0 Å². The number of nitriles is 1. The lowest BCUT2D eigenvalue weighted by molar-refractivity contribution is -0.0727. The van der Waals surface area contributed by atoms with Gasteiger partial charge in [-0.3, -0.25) is 4.98 Å². The van der Waals surface area contributed by atoms with Gasteiger partial charge in [-0.25, -0.2) is 0 Å². The topological polar surface area (TPSA) is 36.7 Å². The molecule has 5 rings (SSSR count). The minimum Gasteiger partial charge on any atom is -0.263 e. The number of rotatable bonds is 3. The Kier molecular flexibility index (Phi) is 5.45. The van der Waals surface area contributed by atoms with Crippen LogP contribution in [-0.4, -0.2) is 4.98 Å². The fourth-order valence-electron chi connectivity index (χ4n) is 9.24. The molecular formula is C28H40N2. The van der Waals surface area contributed by atoms with E-state index in [1.165, 1.54) is 63.4 Å². The first kappa shape index (κ1) is 20.5. The first-order valence-electron chi connectivity index (χ1n) is 12.8. The third kappa shape index (κ3) is 3.41. The molecule has 1 aromatic heterocycles. The maximum absolute atomic E-state index is 9.22. The van der Waals surface area contributed by atoms with Gasteiger partial charge in [-0.2, -0.15) is 5.26 Å². The molecule has 0 saturated heterocycles. The number of hydrogen-bond donors (Lipinski definition) is 0. The van der Waals surface area contributed by atoms with Crippen LogP contribution in [0.5, 0.6) is 0 Å². The molecule has 9 atom stereocenters. The SMILES string of the molecule is CC1CCC2C(CCC3C2CCC2(C)C(C(C)Cc4cncc(C#N)c4)CCC32)C1. The van der Waals surface area contributed by atoms with Gasteiger partial charge < -0.3 is 0 Å². The summed E-state index contributed by atoms with van der Waals surface area (Å²) >= 11 is 0. The molecule has 30 heavy (non-hydrogen) atoms. The Morgan fingerprint density at radius 1 is 1.07 bits per heavy atom. The highest BCUT2D eigenvalue weighted by Crippen LogP contribution is 2.65. The molecule has 2 nitrogen and oxygen atoms in total. The largest absolute Gasteiger partial charge is 0.263 e. The van der Waals surface area contributed by atoms with Crippen LogP contribution in [-0.2, 0) is 6.42 Å². The van der Waals surface area contributed by atoms with Crippen LogP contribution in [0.4, 0.5) is 0 Å². The van der Waals surface area contributed by atoms with Crippen molar-refractivity contribution in [3.05, 3.63) is 29.6 Å². The zero-order valence-corrected chi connectivity index (χ0v) is 19.3. The maximum atomic E-state index is 9.22. The zero-order valence-electron chi connectivity index (χ0n) is 19.3. The molecule has 0 aliphatic heterocycles. The number of fused-ring (bicyclic) bond motifs is 5. The van der Waals surface area contributed by atoms with Crippen molar-refractivity contribution in [3.63, 3.8) is 0 Å². The van der Waals surface area contributed by atoms with E-state index in [0.29, 0.717) is 16.9 Å². The summed E-state index contributed by atoms with van der Waals surface area (Å²) in [5.74, 6) is 7.61. The molecule has 1 heterocycles. The molecule has 2 heteroatoms. The first-order chi connectivity index (χ1) is 14.5. The van der Waals surface area contributed by atoms with Gasteiger partial charge >= 0.3 is 0 Å². The maximum Gasteiger partial charge on any atom is 0.101 e. The van der Waals surface area contributed by atoms with Crippen LogP contribution in [0.25, 0.3) is 0 Å². The second-order valence-corrected chi connectivity index (χ2v) is 12.0. The van der Waals surface area contributed by atoms with Crippen molar-refractivity contribution in [3.8, 4) is 6.07 Å². The Bertz CT molecular complexity index is 809. The molecule has 162 valence electrons. The van der Waals surface area contributed by atoms with Gasteiger partial charge in [-0.05, 0) is 122 Å². The predicted octanol–water partition coefficient (Wildman–Crippen LogP) is 7.04. The molecule has 0 N–H and O–H groups in total. The summed E-state index contributed by atoms with van der Waals surface area (Å²) in [4.78, 5) is 4.31. The standard InChI is InChI=1S/C28H40N2/c1-18-4-6-23-22(12-18)5-7-25-24(23)10-11-28(3)26(8-9-27(25)28)19(2)13-20-14-21(15-29)17-30-16-20/h14,16-19,22-27H,4-13H2,1-3H3. The van der Waals surface area contributed by atoms with E-state index in [4.69, 9.17) is 0 Å². The number of pyridine rings is 1. The van der Waals surface area contributed by atoms with E-state index in [0.717, 1.165) is 47.8 Å². The second kappa shape index (κ2) is 7.96. The molecule has 0 bridgehead atoms. The summed E-state index contributed by atoms with van der Waals surface area (Å²) in [5, 5.41) is 9.22. The average molecular weight is 405 g/mol. The van der Waals surface area contributed by atoms with Gasteiger partial charge in [0, 0.05) is 12.4 Å². The minimum absolute atomic E-state index is 0.537. The molecule has 1 aromatic rings. The van der Waals surface area contributed by atoms with E-state index in [9.17, 15) is 5.26 Å². The molecule has 0 radical (unpaired) electrons. The van der Waals surface area contributed by atoms with Crippen LogP contribution in [0.3, 0.4) is 0 Å². The zero-order chi connectivity index (χ0) is 20.9. The molecule has 9 unspecified atom stereocenters. The minimum atomic E-state index is 0.537. The van der Waals surface area contributed by atoms with Crippen molar-refractivity contribution in [2.45, 2.75) is 85.0 Å². The summed E-state index contributed by atoms with van der Waals surface area (Å²) in [6.07, 6.45) is 18.2. The molecule has 0 aromatic carbocycles. The average Bonchev–Trinajstić information content (AvgIpc) is 3.10. The summed E-state index contributed by atoms with van der Waals surface area (Å²) in [6.45, 7) is 7.63. The molecule has 4 aliphatic rings.